The Balaban J connectivity index is 1.85. The quantitative estimate of drug-likeness (QED) is 0.497. The van der Waals surface area contributed by atoms with Crippen LogP contribution in [0.3, 0.4) is 0 Å². The largest absolute Gasteiger partial charge is 0.468 e. The Bertz CT molecular complexity index is 1050. The Morgan fingerprint density at radius 3 is 2.55 bits per heavy atom. The summed E-state index contributed by atoms with van der Waals surface area (Å²) in [6.07, 6.45) is 1.64. The molecule has 3 atom stereocenters. The first-order chi connectivity index (χ1) is 14.7. The summed E-state index contributed by atoms with van der Waals surface area (Å²) in [7, 11) is 0. The van der Waals surface area contributed by atoms with Crippen molar-refractivity contribution >= 4 is 5.97 Å². The minimum atomic E-state index is -0.658. The van der Waals surface area contributed by atoms with E-state index < -0.39 is 17.6 Å². The zero-order valence-electron chi connectivity index (χ0n) is 18.3. The summed E-state index contributed by atoms with van der Waals surface area (Å²) in [5, 5.41) is 0. The van der Waals surface area contributed by atoms with E-state index in [1.165, 1.54) is 12.1 Å². The van der Waals surface area contributed by atoms with Crippen LogP contribution in [0, 0.1) is 5.82 Å². The first-order valence-corrected chi connectivity index (χ1v) is 10.6. The van der Waals surface area contributed by atoms with Crippen LogP contribution in [0.15, 0.2) is 71.3 Å². The third-order valence-corrected chi connectivity index (χ3v) is 5.72. The third kappa shape index (κ3) is 4.42. The van der Waals surface area contributed by atoms with Crippen LogP contribution in [0.4, 0.5) is 4.39 Å². The lowest BCUT2D eigenvalue weighted by Crippen LogP contribution is -2.51. The highest BCUT2D eigenvalue weighted by atomic mass is 19.1. The van der Waals surface area contributed by atoms with Crippen molar-refractivity contribution in [1.29, 1.82) is 0 Å². The van der Waals surface area contributed by atoms with Crippen molar-refractivity contribution in [2.45, 2.75) is 57.8 Å². The number of benzene rings is 2. The summed E-state index contributed by atoms with van der Waals surface area (Å²) < 4.78 is 25.9. The highest BCUT2D eigenvalue weighted by molar-refractivity contribution is 5.79. The molecule has 2 aromatic carbocycles. The number of hydrogen-bond acceptors (Lipinski definition) is 4. The monoisotopic (exact) mass is 421 g/mol. The number of esters is 1. The van der Waals surface area contributed by atoms with Gasteiger partial charge in [0.15, 0.2) is 0 Å². The van der Waals surface area contributed by atoms with E-state index in [4.69, 9.17) is 9.15 Å². The zero-order valence-corrected chi connectivity index (χ0v) is 18.3. The maximum atomic E-state index is 14.2. The molecule has 0 aliphatic carbocycles. The Labute approximate surface area is 182 Å². The van der Waals surface area contributed by atoms with Gasteiger partial charge in [-0.05, 0) is 57.0 Å². The van der Waals surface area contributed by atoms with Gasteiger partial charge in [-0.1, -0.05) is 42.5 Å². The lowest BCUT2D eigenvalue weighted by molar-refractivity contribution is -0.164. The molecule has 4 nitrogen and oxygen atoms in total. The standard InChI is InChI=1S/C26H28FNO3/c1-17(18-9-6-5-7-10-18)28-16-20-13-14-30-24(20)22(19-11-8-12-21(27)15-19)23(28)25(29)31-26(2,3)4/h5-15,17,22-23H,16H2,1-4H3/t17-,22-,23+/m1/s1. The van der Waals surface area contributed by atoms with E-state index in [9.17, 15) is 9.18 Å². The van der Waals surface area contributed by atoms with Crippen LogP contribution < -0.4 is 0 Å². The van der Waals surface area contributed by atoms with Crippen molar-refractivity contribution in [2.75, 3.05) is 0 Å². The summed E-state index contributed by atoms with van der Waals surface area (Å²) in [5.41, 5.74) is 2.14. The smallest absolute Gasteiger partial charge is 0.325 e. The summed E-state index contributed by atoms with van der Waals surface area (Å²) in [6, 6.07) is 17.7. The third-order valence-electron chi connectivity index (χ3n) is 5.72. The molecule has 5 heteroatoms. The molecule has 1 aliphatic rings. The molecule has 0 saturated heterocycles. The van der Waals surface area contributed by atoms with Gasteiger partial charge in [0.05, 0.1) is 12.2 Å². The molecule has 0 N–H and O–H groups in total. The van der Waals surface area contributed by atoms with Gasteiger partial charge in [-0.2, -0.15) is 0 Å². The number of carbonyl (C=O) groups excluding carboxylic acids is 1. The van der Waals surface area contributed by atoms with Crippen molar-refractivity contribution in [1.82, 2.24) is 4.90 Å². The number of hydrogen-bond donors (Lipinski definition) is 0. The van der Waals surface area contributed by atoms with E-state index >= 15 is 0 Å². The van der Waals surface area contributed by atoms with Crippen LogP contribution in [0.1, 0.15) is 62.1 Å². The van der Waals surface area contributed by atoms with Gasteiger partial charge in [-0.15, -0.1) is 0 Å². The first-order valence-electron chi connectivity index (χ1n) is 10.6. The summed E-state index contributed by atoms with van der Waals surface area (Å²) >= 11 is 0. The number of carbonyl (C=O) groups is 1. The normalized spacial score (nSPS) is 20.2. The molecule has 0 radical (unpaired) electrons. The molecule has 0 spiro atoms. The van der Waals surface area contributed by atoms with Gasteiger partial charge >= 0.3 is 5.97 Å². The molecule has 0 bridgehead atoms. The lowest BCUT2D eigenvalue weighted by Gasteiger charge is -2.43. The summed E-state index contributed by atoms with van der Waals surface area (Å²) in [6.45, 7) is 8.19. The van der Waals surface area contributed by atoms with Crippen LogP contribution >= 0.6 is 0 Å². The fourth-order valence-corrected chi connectivity index (χ4v) is 4.35. The Morgan fingerprint density at radius 1 is 1.13 bits per heavy atom. The molecule has 4 rings (SSSR count). The van der Waals surface area contributed by atoms with E-state index in [2.05, 4.69) is 24.0 Å². The molecule has 0 unspecified atom stereocenters. The summed E-state index contributed by atoms with van der Waals surface area (Å²) in [5.74, 6) is -0.471. The average Bonchev–Trinajstić information content (AvgIpc) is 3.19. The van der Waals surface area contributed by atoms with Crippen molar-refractivity contribution in [3.8, 4) is 0 Å². The predicted molar refractivity (Wildman–Crippen MR) is 117 cm³/mol. The Morgan fingerprint density at radius 2 is 1.87 bits per heavy atom. The van der Waals surface area contributed by atoms with Gasteiger partial charge in [-0.3, -0.25) is 9.69 Å². The molecule has 0 fully saturated rings. The minimum absolute atomic E-state index is 0.0576. The van der Waals surface area contributed by atoms with Gasteiger partial charge in [0.25, 0.3) is 0 Å². The van der Waals surface area contributed by atoms with Gasteiger partial charge in [0, 0.05) is 18.2 Å². The van der Waals surface area contributed by atoms with Crippen LogP contribution in [-0.4, -0.2) is 22.5 Å². The SMILES string of the molecule is C[C@H](c1ccccc1)N1Cc2ccoc2[C@H](c2cccc(F)c2)[C@H]1C(=O)OC(C)(C)C. The second-order valence-corrected chi connectivity index (χ2v) is 9.08. The van der Waals surface area contributed by atoms with Crippen molar-refractivity contribution in [3.63, 3.8) is 0 Å². The molecule has 2 heterocycles. The average molecular weight is 422 g/mol. The second kappa shape index (κ2) is 8.31. The molecule has 31 heavy (non-hydrogen) atoms. The lowest BCUT2D eigenvalue weighted by atomic mass is 9.82. The van der Waals surface area contributed by atoms with Gasteiger partial charge < -0.3 is 9.15 Å². The molecular weight excluding hydrogens is 393 g/mol. The molecular formula is C26H28FNO3. The van der Waals surface area contributed by atoms with E-state index in [-0.39, 0.29) is 17.8 Å². The summed E-state index contributed by atoms with van der Waals surface area (Å²) in [4.78, 5) is 15.7. The molecule has 0 amide bonds. The number of furan rings is 1. The van der Waals surface area contributed by atoms with Crippen LogP contribution in [0.5, 0.6) is 0 Å². The van der Waals surface area contributed by atoms with Crippen LogP contribution in [0.2, 0.25) is 0 Å². The highest BCUT2D eigenvalue weighted by Gasteiger charge is 2.46. The molecule has 1 aliphatic heterocycles. The van der Waals surface area contributed by atoms with Crippen LogP contribution in [-0.2, 0) is 16.1 Å². The number of nitrogens with zero attached hydrogens (tertiary/aromatic N) is 1. The maximum absolute atomic E-state index is 14.2. The number of fused-ring (bicyclic) bond motifs is 1. The highest BCUT2D eigenvalue weighted by Crippen LogP contribution is 2.43. The number of rotatable bonds is 4. The maximum Gasteiger partial charge on any atom is 0.325 e. The predicted octanol–water partition coefficient (Wildman–Crippen LogP) is 5.84. The van der Waals surface area contributed by atoms with E-state index in [0.717, 1.165) is 11.1 Å². The number of halogens is 1. The van der Waals surface area contributed by atoms with E-state index in [0.29, 0.717) is 17.9 Å². The van der Waals surface area contributed by atoms with E-state index in [1.807, 2.05) is 51.1 Å². The van der Waals surface area contributed by atoms with Crippen LogP contribution in [0.25, 0.3) is 0 Å². The molecule has 0 saturated carbocycles. The molecule has 3 aromatic rings. The molecule has 162 valence electrons. The Hall–Kier alpha value is -2.92. The Kier molecular flexibility index (Phi) is 5.71. The van der Waals surface area contributed by atoms with Gasteiger partial charge in [-0.25, -0.2) is 4.39 Å². The zero-order chi connectivity index (χ0) is 22.2. The van der Waals surface area contributed by atoms with E-state index in [1.54, 1.807) is 12.3 Å². The fraction of sp³-hybridized carbons (Fsp3) is 0.346. The number of ether oxygens (including phenoxy) is 1. The van der Waals surface area contributed by atoms with Crippen molar-refractivity contribution < 1.29 is 18.3 Å². The first kappa shape index (κ1) is 21.3. The van der Waals surface area contributed by atoms with Crippen molar-refractivity contribution in [3.05, 3.63) is 95.2 Å². The molecule has 1 aromatic heterocycles. The minimum Gasteiger partial charge on any atom is -0.468 e. The topological polar surface area (TPSA) is 42.7 Å². The van der Waals surface area contributed by atoms with Gasteiger partial charge in [0.2, 0.25) is 0 Å². The van der Waals surface area contributed by atoms with Crippen molar-refractivity contribution in [2.24, 2.45) is 0 Å². The second-order valence-electron chi connectivity index (χ2n) is 9.08. The van der Waals surface area contributed by atoms with Gasteiger partial charge in [0.1, 0.15) is 23.2 Å². The fourth-order valence-electron chi connectivity index (χ4n) is 4.35.